The molecule has 2 aromatic rings. The number of hydrogen-bond donors (Lipinski definition) is 1. The minimum atomic E-state index is 0.432. The Morgan fingerprint density at radius 3 is 3.05 bits per heavy atom. The van der Waals surface area contributed by atoms with Crippen LogP contribution in [-0.2, 0) is 6.61 Å². The second-order valence-corrected chi connectivity index (χ2v) is 4.50. The maximum absolute atomic E-state index is 5.86. The van der Waals surface area contributed by atoms with Crippen LogP contribution in [0.15, 0.2) is 36.8 Å². The maximum atomic E-state index is 5.86. The predicted octanol–water partition coefficient (Wildman–Crippen LogP) is 3.53. The fourth-order valence-electron chi connectivity index (χ4n) is 1.59. The molecule has 0 bridgehead atoms. The predicted molar refractivity (Wildman–Crippen MR) is 76.6 cm³/mol. The van der Waals surface area contributed by atoms with Crippen LogP contribution >= 0.6 is 11.6 Å². The van der Waals surface area contributed by atoms with E-state index in [1.54, 1.807) is 24.7 Å². The van der Waals surface area contributed by atoms with Gasteiger partial charge < -0.3 is 10.1 Å². The largest absolute Gasteiger partial charge is 0.487 e. The average Bonchev–Trinajstić information content (AvgIpc) is 2.44. The molecule has 2 aromatic heterocycles. The molecule has 0 atom stereocenters. The molecule has 0 unspecified atom stereocenters. The van der Waals surface area contributed by atoms with Gasteiger partial charge in [-0.3, -0.25) is 4.98 Å². The monoisotopic (exact) mass is 277 g/mol. The van der Waals surface area contributed by atoms with Gasteiger partial charge in [0, 0.05) is 30.6 Å². The Morgan fingerprint density at radius 2 is 2.26 bits per heavy atom. The van der Waals surface area contributed by atoms with Crippen LogP contribution in [0.4, 0.5) is 5.82 Å². The second-order valence-electron chi connectivity index (χ2n) is 4.07. The Labute approximate surface area is 117 Å². The first kappa shape index (κ1) is 13.6. The summed E-state index contributed by atoms with van der Waals surface area (Å²) >= 11 is 5.86. The number of anilines is 1. The molecule has 4 nitrogen and oxygen atoms in total. The lowest BCUT2D eigenvalue weighted by molar-refractivity contribution is 0.305. The van der Waals surface area contributed by atoms with Crippen LogP contribution in [-0.4, -0.2) is 16.5 Å². The van der Waals surface area contributed by atoms with Crippen LogP contribution in [0.5, 0.6) is 5.75 Å². The highest BCUT2D eigenvalue weighted by Crippen LogP contribution is 2.18. The Kier molecular flexibility index (Phi) is 4.98. The van der Waals surface area contributed by atoms with Crippen molar-refractivity contribution in [2.75, 3.05) is 11.9 Å². The lowest BCUT2D eigenvalue weighted by Gasteiger charge is -2.11. The van der Waals surface area contributed by atoms with Gasteiger partial charge in [-0.2, -0.15) is 0 Å². The van der Waals surface area contributed by atoms with Crippen LogP contribution < -0.4 is 10.1 Å². The number of pyridine rings is 2. The van der Waals surface area contributed by atoms with Gasteiger partial charge in [0.05, 0.1) is 11.2 Å². The molecule has 2 heterocycles. The molecule has 0 fully saturated rings. The molecule has 100 valence electrons. The van der Waals surface area contributed by atoms with Crippen molar-refractivity contribution in [2.45, 2.75) is 20.0 Å². The van der Waals surface area contributed by atoms with E-state index in [2.05, 4.69) is 22.2 Å². The molecule has 2 rings (SSSR count). The van der Waals surface area contributed by atoms with Crippen molar-refractivity contribution < 1.29 is 4.74 Å². The molecule has 0 amide bonds. The van der Waals surface area contributed by atoms with Crippen LogP contribution in [0.2, 0.25) is 5.02 Å². The molecule has 0 saturated heterocycles. The summed E-state index contributed by atoms with van der Waals surface area (Å²) in [5.74, 6) is 1.51. The molecule has 0 radical (unpaired) electrons. The van der Waals surface area contributed by atoms with Gasteiger partial charge in [-0.1, -0.05) is 24.6 Å². The lowest BCUT2D eigenvalue weighted by Crippen LogP contribution is -2.07. The van der Waals surface area contributed by atoms with E-state index in [0.717, 1.165) is 24.3 Å². The van der Waals surface area contributed by atoms with Gasteiger partial charge in [0.15, 0.2) is 0 Å². The smallest absolute Gasteiger partial charge is 0.139 e. The van der Waals surface area contributed by atoms with E-state index in [9.17, 15) is 0 Å². The number of rotatable bonds is 6. The summed E-state index contributed by atoms with van der Waals surface area (Å²) in [6.07, 6.45) is 6.03. The zero-order chi connectivity index (χ0) is 13.5. The third-order valence-electron chi connectivity index (χ3n) is 2.51. The van der Waals surface area contributed by atoms with Crippen molar-refractivity contribution in [1.29, 1.82) is 0 Å². The minimum absolute atomic E-state index is 0.432. The molecule has 0 spiro atoms. The summed E-state index contributed by atoms with van der Waals surface area (Å²) < 4.78 is 5.67. The molecule has 0 aliphatic heterocycles. The van der Waals surface area contributed by atoms with Crippen molar-refractivity contribution in [3.05, 3.63) is 47.4 Å². The highest BCUT2D eigenvalue weighted by atomic mass is 35.5. The van der Waals surface area contributed by atoms with Crippen LogP contribution in [0, 0.1) is 0 Å². The fraction of sp³-hybridized carbons (Fsp3) is 0.286. The maximum Gasteiger partial charge on any atom is 0.139 e. The highest BCUT2D eigenvalue weighted by Gasteiger charge is 2.04. The third kappa shape index (κ3) is 4.10. The van der Waals surface area contributed by atoms with Gasteiger partial charge in [-0.05, 0) is 12.5 Å². The molecule has 0 saturated carbocycles. The number of aromatic nitrogens is 2. The Balaban J connectivity index is 2.02. The quantitative estimate of drug-likeness (QED) is 0.877. The van der Waals surface area contributed by atoms with Gasteiger partial charge in [-0.25, -0.2) is 4.98 Å². The fourth-order valence-corrected chi connectivity index (χ4v) is 1.75. The Hall–Kier alpha value is -1.81. The summed E-state index contributed by atoms with van der Waals surface area (Å²) in [6, 6.07) is 5.62. The van der Waals surface area contributed by atoms with E-state index in [0.29, 0.717) is 17.4 Å². The zero-order valence-corrected chi connectivity index (χ0v) is 11.5. The van der Waals surface area contributed by atoms with Gasteiger partial charge in [0.25, 0.3) is 0 Å². The molecule has 1 N–H and O–H groups in total. The van der Waals surface area contributed by atoms with Crippen LogP contribution in [0.1, 0.15) is 18.9 Å². The molecule has 19 heavy (non-hydrogen) atoms. The van der Waals surface area contributed by atoms with Gasteiger partial charge in [0.2, 0.25) is 0 Å². The molecule has 5 heteroatoms. The van der Waals surface area contributed by atoms with Crippen LogP contribution in [0.25, 0.3) is 0 Å². The van der Waals surface area contributed by atoms with E-state index in [4.69, 9.17) is 16.3 Å². The second kappa shape index (κ2) is 6.95. The SMILES string of the molecule is CCCNc1ncccc1COc1cncc(Cl)c1. The van der Waals surface area contributed by atoms with E-state index in [1.165, 1.54) is 0 Å². The topological polar surface area (TPSA) is 47.0 Å². The average molecular weight is 278 g/mol. The van der Waals surface area contributed by atoms with Gasteiger partial charge in [0.1, 0.15) is 18.2 Å². The molecule has 0 aromatic carbocycles. The van der Waals surface area contributed by atoms with E-state index < -0.39 is 0 Å². The molecular weight excluding hydrogens is 262 g/mol. The van der Waals surface area contributed by atoms with Crippen molar-refractivity contribution in [3.8, 4) is 5.75 Å². The summed E-state index contributed by atoms with van der Waals surface area (Å²) in [5.41, 5.74) is 1.01. The number of nitrogens with zero attached hydrogens (tertiary/aromatic N) is 2. The number of ether oxygens (including phenoxy) is 1. The highest BCUT2D eigenvalue weighted by molar-refractivity contribution is 6.30. The molecule has 0 aliphatic carbocycles. The van der Waals surface area contributed by atoms with E-state index in [-0.39, 0.29) is 0 Å². The van der Waals surface area contributed by atoms with E-state index in [1.807, 2.05) is 12.1 Å². The minimum Gasteiger partial charge on any atom is -0.487 e. The Morgan fingerprint density at radius 1 is 1.37 bits per heavy atom. The normalized spacial score (nSPS) is 10.2. The van der Waals surface area contributed by atoms with Crippen molar-refractivity contribution in [1.82, 2.24) is 9.97 Å². The van der Waals surface area contributed by atoms with Gasteiger partial charge >= 0.3 is 0 Å². The zero-order valence-electron chi connectivity index (χ0n) is 10.8. The molecule has 0 aliphatic rings. The number of nitrogens with one attached hydrogen (secondary N) is 1. The number of hydrogen-bond acceptors (Lipinski definition) is 4. The van der Waals surface area contributed by atoms with Gasteiger partial charge in [-0.15, -0.1) is 0 Å². The summed E-state index contributed by atoms with van der Waals surface area (Å²) in [7, 11) is 0. The molecular formula is C14H16ClN3O. The van der Waals surface area contributed by atoms with Crippen molar-refractivity contribution in [3.63, 3.8) is 0 Å². The first-order valence-electron chi connectivity index (χ1n) is 6.20. The van der Waals surface area contributed by atoms with Crippen LogP contribution in [0.3, 0.4) is 0 Å². The standard InChI is InChI=1S/C14H16ClN3O/c1-2-5-17-14-11(4-3-6-18-14)10-19-13-7-12(15)8-16-9-13/h3-4,6-9H,2,5,10H2,1H3,(H,17,18). The lowest BCUT2D eigenvalue weighted by atomic mass is 10.2. The van der Waals surface area contributed by atoms with Crippen molar-refractivity contribution in [2.24, 2.45) is 0 Å². The first-order chi connectivity index (χ1) is 9.29. The summed E-state index contributed by atoms with van der Waals surface area (Å²) in [4.78, 5) is 8.29. The first-order valence-corrected chi connectivity index (χ1v) is 6.58. The summed E-state index contributed by atoms with van der Waals surface area (Å²) in [6.45, 7) is 3.44. The van der Waals surface area contributed by atoms with E-state index >= 15 is 0 Å². The Bertz CT molecular complexity index is 534. The van der Waals surface area contributed by atoms with Crippen molar-refractivity contribution >= 4 is 17.4 Å². The third-order valence-corrected chi connectivity index (χ3v) is 2.71. The number of halogens is 1. The summed E-state index contributed by atoms with van der Waals surface area (Å²) in [5, 5.41) is 3.84.